The highest BCUT2D eigenvalue weighted by Crippen LogP contribution is 2.39. The van der Waals surface area contributed by atoms with Crippen molar-refractivity contribution >= 4 is 15.6 Å². The van der Waals surface area contributed by atoms with E-state index in [0.717, 1.165) is 0 Å². The molecule has 1 aromatic carbocycles. The van der Waals surface area contributed by atoms with E-state index < -0.39 is 32.5 Å². The zero-order valence-corrected chi connectivity index (χ0v) is 13.1. The van der Waals surface area contributed by atoms with Crippen molar-refractivity contribution in [3.63, 3.8) is 0 Å². The fourth-order valence-corrected chi connectivity index (χ4v) is 4.74. The fraction of sp³-hybridized carbons (Fsp3) is 0.500. The maximum absolute atomic E-state index is 14.1. The SMILES string of the molecule is CN=[S@]1(=O)CC(CF)(c2ccccc2F)N=C(N)C1(C)C. The van der Waals surface area contributed by atoms with Gasteiger partial charge in [0.05, 0.1) is 15.5 Å². The molecule has 0 spiro atoms. The van der Waals surface area contributed by atoms with E-state index in [0.29, 0.717) is 0 Å². The average Bonchev–Trinajstić information content (AvgIpc) is 2.45. The second kappa shape index (κ2) is 5.05. The number of amidine groups is 1. The van der Waals surface area contributed by atoms with Crippen molar-refractivity contribution in [3.8, 4) is 0 Å². The molecule has 0 aliphatic carbocycles. The van der Waals surface area contributed by atoms with Crippen LogP contribution in [0.15, 0.2) is 33.6 Å². The van der Waals surface area contributed by atoms with Crippen LogP contribution in [0.3, 0.4) is 0 Å². The molecule has 21 heavy (non-hydrogen) atoms. The summed E-state index contributed by atoms with van der Waals surface area (Å²) in [7, 11) is -1.47. The van der Waals surface area contributed by atoms with E-state index >= 15 is 0 Å². The lowest BCUT2D eigenvalue weighted by Crippen LogP contribution is -2.56. The number of halogens is 2. The smallest absolute Gasteiger partial charge is 0.131 e. The summed E-state index contributed by atoms with van der Waals surface area (Å²) in [5, 5.41) is 0. The molecule has 4 nitrogen and oxygen atoms in total. The van der Waals surface area contributed by atoms with Crippen LogP contribution < -0.4 is 5.73 Å². The molecular weight excluding hydrogens is 296 g/mol. The molecule has 2 atom stereocenters. The van der Waals surface area contributed by atoms with Crippen LogP contribution in [0, 0.1) is 5.82 Å². The highest BCUT2D eigenvalue weighted by molar-refractivity contribution is 7.95. The number of nitrogens with two attached hydrogens (primary N) is 1. The first-order chi connectivity index (χ1) is 9.72. The molecule has 0 amide bonds. The van der Waals surface area contributed by atoms with E-state index in [1.807, 2.05) is 0 Å². The highest BCUT2D eigenvalue weighted by atomic mass is 32.2. The van der Waals surface area contributed by atoms with E-state index in [2.05, 4.69) is 9.36 Å². The number of hydrogen-bond donors (Lipinski definition) is 1. The molecule has 0 bridgehead atoms. The first-order valence-corrected chi connectivity index (χ1v) is 8.20. The fourth-order valence-electron chi connectivity index (χ4n) is 2.47. The summed E-state index contributed by atoms with van der Waals surface area (Å²) in [6.07, 6.45) is 0. The van der Waals surface area contributed by atoms with Gasteiger partial charge in [-0.15, -0.1) is 0 Å². The Labute approximate surface area is 123 Å². The second-order valence-electron chi connectivity index (χ2n) is 5.62. The lowest BCUT2D eigenvalue weighted by Gasteiger charge is -2.40. The molecule has 7 heteroatoms. The van der Waals surface area contributed by atoms with Gasteiger partial charge < -0.3 is 5.73 Å². The molecule has 0 radical (unpaired) electrons. The number of rotatable bonds is 2. The van der Waals surface area contributed by atoms with Gasteiger partial charge in [-0.05, 0) is 19.9 Å². The predicted octanol–water partition coefficient (Wildman–Crippen LogP) is 2.24. The van der Waals surface area contributed by atoms with Gasteiger partial charge in [0, 0.05) is 12.6 Å². The molecular formula is C14H19F2N3OS. The maximum Gasteiger partial charge on any atom is 0.131 e. The van der Waals surface area contributed by atoms with Crippen molar-refractivity contribution in [2.24, 2.45) is 15.1 Å². The first-order valence-electron chi connectivity index (χ1n) is 6.52. The Balaban J connectivity index is 2.76. The molecule has 1 unspecified atom stereocenters. The molecule has 1 heterocycles. The van der Waals surface area contributed by atoms with Crippen LogP contribution in [0.1, 0.15) is 19.4 Å². The topological polar surface area (TPSA) is 67.8 Å². The summed E-state index contributed by atoms with van der Waals surface area (Å²) in [4.78, 5) is 4.20. The highest BCUT2D eigenvalue weighted by Gasteiger charge is 2.50. The van der Waals surface area contributed by atoms with Crippen LogP contribution in [0.25, 0.3) is 0 Å². The van der Waals surface area contributed by atoms with Crippen molar-refractivity contribution in [1.29, 1.82) is 0 Å². The van der Waals surface area contributed by atoms with Crippen molar-refractivity contribution < 1.29 is 13.0 Å². The molecule has 2 N–H and O–H groups in total. The minimum absolute atomic E-state index is 0.0326. The van der Waals surface area contributed by atoms with Crippen LogP contribution in [0.4, 0.5) is 8.78 Å². The van der Waals surface area contributed by atoms with Crippen LogP contribution in [-0.4, -0.2) is 34.3 Å². The lowest BCUT2D eigenvalue weighted by molar-refractivity contribution is 0.326. The summed E-state index contributed by atoms with van der Waals surface area (Å²) >= 11 is 0. The molecule has 0 saturated carbocycles. The second-order valence-corrected chi connectivity index (χ2v) is 8.58. The molecule has 0 fully saturated rings. The number of benzene rings is 1. The zero-order chi connectivity index (χ0) is 15.9. The van der Waals surface area contributed by atoms with E-state index in [1.165, 1.54) is 25.2 Å². The Morgan fingerprint density at radius 3 is 2.57 bits per heavy atom. The lowest BCUT2D eigenvalue weighted by atomic mass is 9.92. The minimum atomic E-state index is -2.88. The van der Waals surface area contributed by atoms with Crippen LogP contribution in [0.5, 0.6) is 0 Å². The van der Waals surface area contributed by atoms with E-state index in [4.69, 9.17) is 5.73 Å². The summed E-state index contributed by atoms with van der Waals surface area (Å²) in [5.74, 6) is -0.753. The summed E-state index contributed by atoms with van der Waals surface area (Å²) < 4.78 is 43.9. The normalized spacial score (nSPS) is 31.6. The summed E-state index contributed by atoms with van der Waals surface area (Å²) in [6.45, 7) is 2.33. The standard InChI is InChI=1S/C14H19F2N3OS/c1-13(2)12(17)19-14(8-15,9-21(13,20)18-3)10-6-4-5-7-11(10)16/h4-7H,8-9H2,1-3H3,(H2,17,19)/t14?,21-/m0/s1. The third-order valence-corrected chi connectivity index (χ3v) is 7.34. The van der Waals surface area contributed by atoms with Crippen molar-refractivity contribution in [3.05, 3.63) is 35.6 Å². The van der Waals surface area contributed by atoms with Gasteiger partial charge in [-0.3, -0.25) is 4.99 Å². The van der Waals surface area contributed by atoms with Crippen LogP contribution >= 0.6 is 0 Å². The van der Waals surface area contributed by atoms with Gasteiger partial charge in [-0.2, -0.15) is 0 Å². The Morgan fingerprint density at radius 1 is 1.43 bits per heavy atom. The molecule has 1 aliphatic rings. The maximum atomic E-state index is 14.1. The molecule has 1 aromatic rings. The zero-order valence-electron chi connectivity index (χ0n) is 12.3. The largest absolute Gasteiger partial charge is 0.386 e. The number of alkyl halides is 1. The monoisotopic (exact) mass is 315 g/mol. The minimum Gasteiger partial charge on any atom is -0.386 e. The van der Waals surface area contributed by atoms with Crippen molar-refractivity contribution in [2.75, 3.05) is 19.5 Å². The molecule has 1 aliphatic heterocycles. The first kappa shape index (κ1) is 15.9. The van der Waals surface area contributed by atoms with Crippen LogP contribution in [-0.2, 0) is 15.3 Å². The summed E-state index contributed by atoms with van der Waals surface area (Å²) in [6, 6.07) is 5.76. The number of nitrogens with zero attached hydrogens (tertiary/aromatic N) is 2. The van der Waals surface area contributed by atoms with Crippen molar-refractivity contribution in [1.82, 2.24) is 0 Å². The van der Waals surface area contributed by atoms with Gasteiger partial charge in [0.15, 0.2) is 0 Å². The average molecular weight is 315 g/mol. The number of hydrogen-bond acceptors (Lipinski definition) is 4. The molecule has 2 rings (SSSR count). The van der Waals surface area contributed by atoms with Gasteiger partial charge in [-0.1, -0.05) is 18.2 Å². The molecule has 0 aromatic heterocycles. The third-order valence-electron chi connectivity index (χ3n) is 4.07. The van der Waals surface area contributed by atoms with Gasteiger partial charge in [0.25, 0.3) is 0 Å². The van der Waals surface area contributed by atoms with Crippen molar-refractivity contribution in [2.45, 2.75) is 24.1 Å². The van der Waals surface area contributed by atoms with E-state index in [1.54, 1.807) is 19.9 Å². The van der Waals surface area contributed by atoms with Gasteiger partial charge in [0.1, 0.15) is 28.6 Å². The van der Waals surface area contributed by atoms with Gasteiger partial charge in [0.2, 0.25) is 0 Å². The molecule has 0 saturated heterocycles. The Kier molecular flexibility index (Phi) is 3.82. The third kappa shape index (κ3) is 2.23. The quantitative estimate of drug-likeness (QED) is 0.909. The van der Waals surface area contributed by atoms with E-state index in [9.17, 15) is 13.0 Å². The van der Waals surface area contributed by atoms with E-state index in [-0.39, 0.29) is 17.2 Å². The van der Waals surface area contributed by atoms with Gasteiger partial charge >= 0.3 is 0 Å². The van der Waals surface area contributed by atoms with Crippen LogP contribution in [0.2, 0.25) is 0 Å². The van der Waals surface area contributed by atoms with Gasteiger partial charge in [-0.25, -0.2) is 17.4 Å². The summed E-state index contributed by atoms with van der Waals surface area (Å²) in [5.41, 5.74) is 4.40. The molecule has 116 valence electrons. The Hall–Kier alpha value is -1.50. The Morgan fingerprint density at radius 2 is 2.05 bits per heavy atom. The Bertz CT molecular complexity index is 708. The number of aliphatic imine (C=N–C) groups is 1. The predicted molar refractivity (Wildman–Crippen MR) is 81.1 cm³/mol.